The molecule has 0 fully saturated rings. The van der Waals surface area contributed by atoms with Crippen LogP contribution in [0.2, 0.25) is 0 Å². The summed E-state index contributed by atoms with van der Waals surface area (Å²) in [6.45, 7) is 8.10. The van der Waals surface area contributed by atoms with Crippen LogP contribution in [0, 0.1) is 5.92 Å². The normalized spacial score (nSPS) is 10.8. The summed E-state index contributed by atoms with van der Waals surface area (Å²) in [4.78, 5) is 10.8. The van der Waals surface area contributed by atoms with E-state index >= 15 is 0 Å². The summed E-state index contributed by atoms with van der Waals surface area (Å²) >= 11 is 0. The second-order valence-electron chi connectivity index (χ2n) is 3.41. The van der Waals surface area contributed by atoms with E-state index in [9.17, 15) is 4.79 Å². The molecule has 3 nitrogen and oxygen atoms in total. The molecule has 13 heavy (non-hydrogen) atoms. The Bertz CT molecular complexity index is 132. The first kappa shape index (κ1) is 12.6. The molecule has 0 bridgehead atoms. The lowest BCUT2D eigenvalue weighted by Gasteiger charge is -2.06. The quantitative estimate of drug-likeness (QED) is 0.543. The fourth-order valence-corrected chi connectivity index (χ4v) is 0.725. The van der Waals surface area contributed by atoms with Crippen molar-refractivity contribution in [3.05, 3.63) is 0 Å². The number of carbonyl (C=O) groups excluding carboxylic acids is 1. The van der Waals surface area contributed by atoms with E-state index in [1.54, 1.807) is 0 Å². The van der Waals surface area contributed by atoms with Crippen molar-refractivity contribution >= 4 is 5.78 Å². The minimum absolute atomic E-state index is 0.142. The Kier molecular flexibility index (Phi) is 7.94. The summed E-state index contributed by atoms with van der Waals surface area (Å²) in [5.74, 6) is 0.695. The Balaban J connectivity index is 3.04. The molecule has 0 saturated heterocycles. The molecule has 0 rings (SSSR count). The van der Waals surface area contributed by atoms with Gasteiger partial charge in [0.2, 0.25) is 0 Å². The zero-order valence-electron chi connectivity index (χ0n) is 8.84. The first-order valence-corrected chi connectivity index (χ1v) is 4.84. The third kappa shape index (κ3) is 9.50. The number of Topliss-reactive ketones (excluding diaryl/α,β-unsaturated/α-hetero) is 1. The summed E-state index contributed by atoms with van der Waals surface area (Å²) in [5.41, 5.74) is 0. The molecule has 0 heterocycles. The molecule has 0 spiro atoms. The molecular formula is C10H20O3. The van der Waals surface area contributed by atoms with Crippen LogP contribution in [0.3, 0.4) is 0 Å². The van der Waals surface area contributed by atoms with E-state index in [4.69, 9.17) is 9.47 Å². The van der Waals surface area contributed by atoms with Crippen molar-refractivity contribution in [1.82, 2.24) is 0 Å². The minimum atomic E-state index is 0.142. The molecular weight excluding hydrogens is 168 g/mol. The average molecular weight is 188 g/mol. The second kappa shape index (κ2) is 8.20. The summed E-state index contributed by atoms with van der Waals surface area (Å²) in [5, 5.41) is 0. The molecule has 0 amide bonds. The monoisotopic (exact) mass is 188 g/mol. The van der Waals surface area contributed by atoms with Gasteiger partial charge in [-0.2, -0.15) is 0 Å². The van der Waals surface area contributed by atoms with Gasteiger partial charge in [-0.3, -0.25) is 4.79 Å². The van der Waals surface area contributed by atoms with Crippen molar-refractivity contribution in [2.24, 2.45) is 5.92 Å². The molecule has 0 aromatic carbocycles. The van der Waals surface area contributed by atoms with Crippen LogP contribution in [0.4, 0.5) is 0 Å². The lowest BCUT2D eigenvalue weighted by molar-refractivity contribution is -0.123. The van der Waals surface area contributed by atoms with Crippen molar-refractivity contribution < 1.29 is 14.3 Å². The van der Waals surface area contributed by atoms with Crippen LogP contribution in [-0.2, 0) is 14.3 Å². The van der Waals surface area contributed by atoms with E-state index < -0.39 is 0 Å². The Morgan fingerprint density at radius 2 is 1.85 bits per heavy atom. The van der Waals surface area contributed by atoms with E-state index in [1.165, 1.54) is 0 Å². The molecule has 3 heteroatoms. The molecule has 0 saturated carbocycles. The molecule has 0 radical (unpaired) electrons. The van der Waals surface area contributed by atoms with Crippen molar-refractivity contribution in [3.63, 3.8) is 0 Å². The summed E-state index contributed by atoms with van der Waals surface area (Å²) in [6.07, 6.45) is 0.548. The highest BCUT2D eigenvalue weighted by Gasteiger charge is 1.97. The molecule has 78 valence electrons. The Morgan fingerprint density at radius 3 is 2.38 bits per heavy atom. The van der Waals surface area contributed by atoms with Gasteiger partial charge in [-0.1, -0.05) is 20.8 Å². The maximum atomic E-state index is 10.8. The van der Waals surface area contributed by atoms with Gasteiger partial charge >= 0.3 is 0 Å². The Hall–Kier alpha value is -0.410. The number of rotatable bonds is 8. The van der Waals surface area contributed by atoms with Gasteiger partial charge in [0.15, 0.2) is 5.78 Å². The van der Waals surface area contributed by atoms with E-state index in [1.807, 2.05) is 6.92 Å². The minimum Gasteiger partial charge on any atom is -0.379 e. The van der Waals surface area contributed by atoms with Crippen molar-refractivity contribution in [2.45, 2.75) is 27.2 Å². The molecule has 0 aliphatic rings. The van der Waals surface area contributed by atoms with Crippen LogP contribution in [-0.4, -0.2) is 32.2 Å². The molecule has 0 atom stereocenters. The highest BCUT2D eigenvalue weighted by Crippen LogP contribution is 1.92. The SMILES string of the molecule is CCC(=O)COCCOCC(C)C. The summed E-state index contributed by atoms with van der Waals surface area (Å²) in [7, 11) is 0. The first-order chi connectivity index (χ1) is 6.16. The lowest BCUT2D eigenvalue weighted by atomic mass is 10.2. The van der Waals surface area contributed by atoms with E-state index in [-0.39, 0.29) is 12.4 Å². The highest BCUT2D eigenvalue weighted by atomic mass is 16.5. The van der Waals surface area contributed by atoms with Crippen LogP contribution in [0.5, 0.6) is 0 Å². The van der Waals surface area contributed by atoms with Gasteiger partial charge in [0.25, 0.3) is 0 Å². The topological polar surface area (TPSA) is 35.5 Å². The zero-order chi connectivity index (χ0) is 10.1. The standard InChI is InChI=1S/C10H20O3/c1-4-10(11)8-13-6-5-12-7-9(2)3/h9H,4-8H2,1-3H3. The highest BCUT2D eigenvalue weighted by molar-refractivity contribution is 5.79. The van der Waals surface area contributed by atoms with Gasteiger partial charge in [-0.05, 0) is 5.92 Å². The lowest BCUT2D eigenvalue weighted by Crippen LogP contribution is -2.12. The molecule has 0 aromatic rings. The van der Waals surface area contributed by atoms with Gasteiger partial charge in [-0.15, -0.1) is 0 Å². The summed E-state index contributed by atoms with van der Waals surface area (Å²) < 4.78 is 10.4. The van der Waals surface area contributed by atoms with Gasteiger partial charge in [0.05, 0.1) is 13.2 Å². The number of ketones is 1. The maximum Gasteiger partial charge on any atom is 0.158 e. The van der Waals surface area contributed by atoms with Crippen molar-refractivity contribution in [1.29, 1.82) is 0 Å². The largest absolute Gasteiger partial charge is 0.379 e. The predicted molar refractivity (Wildman–Crippen MR) is 51.8 cm³/mol. The van der Waals surface area contributed by atoms with Gasteiger partial charge in [0.1, 0.15) is 6.61 Å². The number of ether oxygens (including phenoxy) is 2. The van der Waals surface area contributed by atoms with Crippen LogP contribution in [0.25, 0.3) is 0 Å². The van der Waals surface area contributed by atoms with E-state index in [2.05, 4.69) is 13.8 Å². The van der Waals surface area contributed by atoms with Crippen LogP contribution in [0.15, 0.2) is 0 Å². The average Bonchev–Trinajstić information content (AvgIpc) is 2.10. The van der Waals surface area contributed by atoms with E-state index in [0.717, 1.165) is 6.61 Å². The maximum absolute atomic E-state index is 10.8. The van der Waals surface area contributed by atoms with Crippen LogP contribution in [0.1, 0.15) is 27.2 Å². The Morgan fingerprint density at radius 1 is 1.23 bits per heavy atom. The number of hydrogen-bond donors (Lipinski definition) is 0. The Labute approximate surface area is 80.4 Å². The third-order valence-electron chi connectivity index (χ3n) is 1.48. The summed E-state index contributed by atoms with van der Waals surface area (Å²) in [6, 6.07) is 0. The van der Waals surface area contributed by atoms with Gasteiger partial charge in [-0.25, -0.2) is 0 Å². The smallest absolute Gasteiger partial charge is 0.158 e. The fourth-order valence-electron chi connectivity index (χ4n) is 0.725. The van der Waals surface area contributed by atoms with Gasteiger partial charge in [0, 0.05) is 13.0 Å². The molecule has 0 aliphatic heterocycles. The second-order valence-corrected chi connectivity index (χ2v) is 3.41. The van der Waals surface area contributed by atoms with Crippen LogP contribution < -0.4 is 0 Å². The predicted octanol–water partition coefficient (Wildman–Crippen LogP) is 1.65. The van der Waals surface area contributed by atoms with Crippen molar-refractivity contribution in [2.75, 3.05) is 26.4 Å². The van der Waals surface area contributed by atoms with E-state index in [0.29, 0.717) is 25.6 Å². The first-order valence-electron chi connectivity index (χ1n) is 4.84. The fraction of sp³-hybridized carbons (Fsp3) is 0.900. The molecule has 0 N–H and O–H groups in total. The van der Waals surface area contributed by atoms with Gasteiger partial charge < -0.3 is 9.47 Å². The number of carbonyl (C=O) groups is 1. The number of hydrogen-bond acceptors (Lipinski definition) is 3. The van der Waals surface area contributed by atoms with Crippen LogP contribution >= 0.6 is 0 Å². The molecule has 0 aromatic heterocycles. The molecule has 0 aliphatic carbocycles. The van der Waals surface area contributed by atoms with Crippen molar-refractivity contribution in [3.8, 4) is 0 Å². The third-order valence-corrected chi connectivity index (χ3v) is 1.48. The zero-order valence-corrected chi connectivity index (χ0v) is 8.84. The molecule has 0 unspecified atom stereocenters.